The maximum Gasteiger partial charge on any atom is 0.318 e. The number of amides is 3. The van der Waals surface area contributed by atoms with Gasteiger partial charge in [-0.1, -0.05) is 43.2 Å². The van der Waals surface area contributed by atoms with E-state index in [2.05, 4.69) is 10.2 Å². The van der Waals surface area contributed by atoms with Crippen LogP contribution in [0.25, 0.3) is 0 Å². The lowest BCUT2D eigenvalue weighted by Gasteiger charge is -2.29. The van der Waals surface area contributed by atoms with Crippen LogP contribution >= 0.6 is 0 Å². The number of hydrogen-bond acceptors (Lipinski definition) is 3. The van der Waals surface area contributed by atoms with Crippen LogP contribution in [0.2, 0.25) is 0 Å². The van der Waals surface area contributed by atoms with Crippen LogP contribution in [0.4, 0.5) is 4.79 Å². The zero-order valence-corrected chi connectivity index (χ0v) is 11.5. The Morgan fingerprint density at radius 3 is 2.20 bits per heavy atom. The molecule has 0 aliphatic carbocycles. The molecule has 5 nitrogen and oxygen atoms in total. The third kappa shape index (κ3) is 3.81. The lowest BCUT2D eigenvalue weighted by atomic mass is 10.0. The van der Waals surface area contributed by atoms with Gasteiger partial charge in [-0.25, -0.2) is 4.79 Å². The van der Waals surface area contributed by atoms with Crippen LogP contribution in [-0.4, -0.2) is 29.9 Å². The van der Waals surface area contributed by atoms with Crippen molar-refractivity contribution < 1.29 is 9.59 Å². The minimum Gasteiger partial charge on any atom is -0.351 e. The monoisotopic (exact) mass is 275 g/mol. The van der Waals surface area contributed by atoms with E-state index in [0.29, 0.717) is 0 Å². The molecule has 20 heavy (non-hydrogen) atoms. The Hall–Kier alpha value is -1.88. The molecule has 1 fully saturated rings. The van der Waals surface area contributed by atoms with Crippen molar-refractivity contribution >= 4 is 11.9 Å². The Kier molecular flexibility index (Phi) is 5.12. The van der Waals surface area contributed by atoms with Gasteiger partial charge in [-0.2, -0.15) is 0 Å². The third-order valence-electron chi connectivity index (χ3n) is 3.62. The highest BCUT2D eigenvalue weighted by molar-refractivity contribution is 5.96. The summed E-state index contributed by atoms with van der Waals surface area (Å²) in [5.41, 5.74) is 5.98. The van der Waals surface area contributed by atoms with E-state index < -0.39 is 12.1 Å². The highest BCUT2D eigenvalue weighted by Crippen LogP contribution is 2.24. The number of nitrogens with one attached hydrogen (secondary N) is 1. The van der Waals surface area contributed by atoms with Crippen molar-refractivity contribution in [2.75, 3.05) is 13.1 Å². The maximum atomic E-state index is 12.3. The first-order valence-corrected chi connectivity index (χ1v) is 7.08. The molecule has 2 rings (SSSR count). The van der Waals surface area contributed by atoms with Gasteiger partial charge in [0.25, 0.3) is 0 Å². The molecule has 0 bridgehead atoms. The molecule has 1 heterocycles. The fraction of sp³-hybridized carbons (Fsp3) is 0.467. The highest BCUT2D eigenvalue weighted by atomic mass is 16.2. The predicted octanol–water partition coefficient (Wildman–Crippen LogP) is 1.80. The summed E-state index contributed by atoms with van der Waals surface area (Å²) in [6.07, 6.45) is 4.53. The molecule has 108 valence electrons. The molecule has 5 heteroatoms. The molecule has 3 amide bonds. The highest BCUT2D eigenvalue weighted by Gasteiger charge is 2.28. The SMILES string of the molecule is NC(=O)NC(=O)[C@H](c1ccccc1)N1CCCCCC1. The van der Waals surface area contributed by atoms with Gasteiger partial charge in [0, 0.05) is 0 Å². The van der Waals surface area contributed by atoms with Crippen molar-refractivity contribution in [3.63, 3.8) is 0 Å². The van der Waals surface area contributed by atoms with E-state index in [4.69, 9.17) is 5.73 Å². The number of primary amides is 1. The van der Waals surface area contributed by atoms with E-state index in [-0.39, 0.29) is 5.91 Å². The van der Waals surface area contributed by atoms with Crippen molar-refractivity contribution in [1.82, 2.24) is 10.2 Å². The zero-order chi connectivity index (χ0) is 14.4. The average molecular weight is 275 g/mol. The molecule has 1 atom stereocenters. The van der Waals surface area contributed by atoms with Gasteiger partial charge in [0.15, 0.2) is 0 Å². The minimum absolute atomic E-state index is 0.342. The smallest absolute Gasteiger partial charge is 0.318 e. The normalized spacial score (nSPS) is 18.0. The van der Waals surface area contributed by atoms with Crippen LogP contribution in [0.3, 0.4) is 0 Å². The Bertz CT molecular complexity index is 453. The van der Waals surface area contributed by atoms with Gasteiger partial charge in [0.1, 0.15) is 6.04 Å². The van der Waals surface area contributed by atoms with E-state index in [1.165, 1.54) is 12.8 Å². The lowest BCUT2D eigenvalue weighted by molar-refractivity contribution is -0.125. The molecule has 1 aromatic rings. The maximum absolute atomic E-state index is 12.3. The first-order valence-electron chi connectivity index (χ1n) is 7.08. The van der Waals surface area contributed by atoms with Gasteiger partial charge in [0.05, 0.1) is 0 Å². The molecule has 1 aliphatic rings. The van der Waals surface area contributed by atoms with Crippen molar-refractivity contribution in [1.29, 1.82) is 0 Å². The van der Waals surface area contributed by atoms with Gasteiger partial charge in [-0.15, -0.1) is 0 Å². The lowest BCUT2D eigenvalue weighted by Crippen LogP contribution is -2.45. The van der Waals surface area contributed by atoms with Gasteiger partial charge in [-0.3, -0.25) is 15.0 Å². The van der Waals surface area contributed by atoms with E-state index in [1.807, 2.05) is 30.3 Å². The molecule has 1 aliphatic heterocycles. The van der Waals surface area contributed by atoms with Crippen LogP contribution in [0.15, 0.2) is 30.3 Å². The number of rotatable bonds is 3. The summed E-state index contributed by atoms with van der Waals surface area (Å²) >= 11 is 0. The van der Waals surface area contributed by atoms with E-state index in [1.54, 1.807) is 0 Å². The number of nitrogens with zero attached hydrogens (tertiary/aromatic N) is 1. The summed E-state index contributed by atoms with van der Waals surface area (Å²) < 4.78 is 0. The number of nitrogens with two attached hydrogens (primary N) is 1. The van der Waals surface area contributed by atoms with E-state index >= 15 is 0 Å². The largest absolute Gasteiger partial charge is 0.351 e. The summed E-state index contributed by atoms with van der Waals surface area (Å²) in [7, 11) is 0. The van der Waals surface area contributed by atoms with Crippen LogP contribution in [0.1, 0.15) is 37.3 Å². The van der Waals surface area contributed by atoms with Crippen molar-refractivity contribution in [2.24, 2.45) is 5.73 Å². The Balaban J connectivity index is 2.23. The van der Waals surface area contributed by atoms with Gasteiger partial charge >= 0.3 is 6.03 Å². The van der Waals surface area contributed by atoms with Gasteiger partial charge in [-0.05, 0) is 31.5 Å². The summed E-state index contributed by atoms with van der Waals surface area (Å²) in [4.78, 5) is 25.4. The average Bonchev–Trinajstić information content (AvgIpc) is 2.68. The van der Waals surface area contributed by atoms with E-state index in [9.17, 15) is 9.59 Å². The first-order chi connectivity index (χ1) is 9.68. The van der Waals surface area contributed by atoms with E-state index in [0.717, 1.165) is 31.5 Å². The van der Waals surface area contributed by atoms with Crippen LogP contribution in [0.5, 0.6) is 0 Å². The molecule has 0 radical (unpaired) electrons. The molecule has 0 aromatic heterocycles. The number of imide groups is 1. The molecular formula is C15H21N3O2. The second-order valence-corrected chi connectivity index (χ2v) is 5.12. The number of likely N-dealkylation sites (tertiary alicyclic amines) is 1. The zero-order valence-electron chi connectivity index (χ0n) is 11.5. The predicted molar refractivity (Wildman–Crippen MR) is 77.0 cm³/mol. The fourth-order valence-electron chi connectivity index (χ4n) is 2.71. The molecule has 3 N–H and O–H groups in total. The minimum atomic E-state index is -0.800. The summed E-state index contributed by atoms with van der Waals surface area (Å²) in [5, 5.41) is 2.22. The molecule has 0 unspecified atom stereocenters. The second kappa shape index (κ2) is 7.05. The first kappa shape index (κ1) is 14.5. The summed E-state index contributed by atoms with van der Waals surface area (Å²) in [6, 6.07) is 8.30. The second-order valence-electron chi connectivity index (χ2n) is 5.12. The van der Waals surface area contributed by atoms with Gasteiger partial charge < -0.3 is 5.73 Å². The number of benzene rings is 1. The number of hydrogen-bond donors (Lipinski definition) is 2. The van der Waals surface area contributed by atoms with Crippen LogP contribution < -0.4 is 11.1 Å². The Labute approximate surface area is 119 Å². The fourth-order valence-corrected chi connectivity index (χ4v) is 2.71. The summed E-state index contributed by atoms with van der Waals surface area (Å²) in [6.45, 7) is 1.73. The Morgan fingerprint density at radius 2 is 1.65 bits per heavy atom. The molecular weight excluding hydrogens is 254 g/mol. The van der Waals surface area contributed by atoms with Crippen molar-refractivity contribution in [2.45, 2.75) is 31.7 Å². The number of carbonyl (C=O) groups excluding carboxylic acids is 2. The van der Waals surface area contributed by atoms with Crippen molar-refractivity contribution in [3.8, 4) is 0 Å². The van der Waals surface area contributed by atoms with Crippen LogP contribution in [-0.2, 0) is 4.79 Å². The Morgan fingerprint density at radius 1 is 1.05 bits per heavy atom. The quantitative estimate of drug-likeness (QED) is 0.883. The molecule has 1 saturated heterocycles. The topological polar surface area (TPSA) is 75.4 Å². The van der Waals surface area contributed by atoms with Crippen molar-refractivity contribution in [3.05, 3.63) is 35.9 Å². The third-order valence-corrected chi connectivity index (χ3v) is 3.62. The van der Waals surface area contributed by atoms with Crippen LogP contribution in [0, 0.1) is 0 Å². The molecule has 0 spiro atoms. The standard InChI is InChI=1S/C15H21N3O2/c16-15(20)17-14(19)13(12-8-4-3-5-9-12)18-10-6-1-2-7-11-18/h3-5,8-9,13H,1-2,6-7,10-11H2,(H3,16,17,19,20)/t13-/m0/s1. The summed E-state index contributed by atoms with van der Waals surface area (Å²) in [5.74, 6) is -0.342. The van der Waals surface area contributed by atoms with Gasteiger partial charge in [0.2, 0.25) is 5.91 Å². The molecule has 0 saturated carbocycles. The number of carbonyl (C=O) groups is 2. The number of urea groups is 1. The molecule has 1 aromatic carbocycles.